The number of hydrogen-bond donors (Lipinski definition) is 0. The van der Waals surface area contributed by atoms with Crippen molar-refractivity contribution in [3.63, 3.8) is 0 Å². The van der Waals surface area contributed by atoms with E-state index in [1.54, 1.807) is 0 Å². The normalized spacial score (nSPS) is 16.3. The molecule has 19 heavy (non-hydrogen) atoms. The Morgan fingerprint density at radius 1 is 1.21 bits per heavy atom. The minimum absolute atomic E-state index is 1.11. The highest BCUT2D eigenvalue weighted by Gasteiger charge is 2.11. The molecule has 1 aromatic heterocycles. The van der Waals surface area contributed by atoms with E-state index >= 15 is 0 Å². The first-order valence-corrected chi connectivity index (χ1v) is 8.03. The molecule has 2 aromatic rings. The van der Waals surface area contributed by atoms with E-state index in [1.807, 2.05) is 11.8 Å². The SMILES string of the molecule is Cc1cc2ccccc2nc1SCCN1CCCC1. The second kappa shape index (κ2) is 5.93. The lowest BCUT2D eigenvalue weighted by molar-refractivity contribution is 0.362. The van der Waals surface area contributed by atoms with Crippen LogP contribution in [0.3, 0.4) is 0 Å². The quantitative estimate of drug-likeness (QED) is 0.789. The zero-order valence-corrected chi connectivity index (χ0v) is 12.2. The van der Waals surface area contributed by atoms with Crippen LogP contribution in [0, 0.1) is 6.92 Å². The van der Waals surface area contributed by atoms with Gasteiger partial charge >= 0.3 is 0 Å². The topological polar surface area (TPSA) is 16.1 Å². The summed E-state index contributed by atoms with van der Waals surface area (Å²) in [4.78, 5) is 7.34. The van der Waals surface area contributed by atoms with Crippen molar-refractivity contribution in [2.24, 2.45) is 0 Å². The van der Waals surface area contributed by atoms with Gasteiger partial charge in [0.05, 0.1) is 10.5 Å². The van der Waals surface area contributed by atoms with Crippen LogP contribution in [0.5, 0.6) is 0 Å². The van der Waals surface area contributed by atoms with Crippen molar-refractivity contribution in [2.45, 2.75) is 24.8 Å². The number of hydrogen-bond acceptors (Lipinski definition) is 3. The molecule has 0 saturated carbocycles. The second-order valence-corrected chi connectivity index (χ2v) is 6.28. The van der Waals surface area contributed by atoms with Crippen LogP contribution < -0.4 is 0 Å². The summed E-state index contributed by atoms with van der Waals surface area (Å²) < 4.78 is 0. The van der Waals surface area contributed by atoms with Crippen molar-refractivity contribution < 1.29 is 0 Å². The fourth-order valence-electron chi connectivity index (χ4n) is 2.63. The molecule has 2 heterocycles. The molecule has 100 valence electrons. The Kier molecular flexibility index (Phi) is 4.04. The molecule has 0 aliphatic carbocycles. The van der Waals surface area contributed by atoms with Gasteiger partial charge in [-0.2, -0.15) is 0 Å². The summed E-state index contributed by atoms with van der Waals surface area (Å²) >= 11 is 1.90. The summed E-state index contributed by atoms with van der Waals surface area (Å²) in [6, 6.07) is 10.6. The zero-order chi connectivity index (χ0) is 13.1. The minimum atomic E-state index is 1.11. The third kappa shape index (κ3) is 3.10. The number of rotatable bonds is 4. The number of nitrogens with zero attached hydrogens (tertiary/aromatic N) is 2. The Balaban J connectivity index is 1.67. The Morgan fingerprint density at radius 3 is 2.84 bits per heavy atom. The summed E-state index contributed by atoms with van der Waals surface area (Å²) in [5.41, 5.74) is 2.40. The Morgan fingerprint density at radius 2 is 2.00 bits per heavy atom. The highest BCUT2D eigenvalue weighted by Crippen LogP contribution is 2.24. The van der Waals surface area contributed by atoms with Gasteiger partial charge in [0.25, 0.3) is 0 Å². The van der Waals surface area contributed by atoms with Gasteiger partial charge in [-0.15, -0.1) is 11.8 Å². The maximum Gasteiger partial charge on any atom is 0.0997 e. The number of aryl methyl sites for hydroxylation is 1. The van der Waals surface area contributed by atoms with Crippen LogP contribution in [-0.2, 0) is 0 Å². The summed E-state index contributed by atoms with van der Waals surface area (Å²) in [5, 5.41) is 2.43. The molecule has 3 rings (SSSR count). The highest BCUT2D eigenvalue weighted by atomic mass is 32.2. The lowest BCUT2D eigenvalue weighted by Gasteiger charge is -2.14. The van der Waals surface area contributed by atoms with Crippen molar-refractivity contribution in [3.8, 4) is 0 Å². The van der Waals surface area contributed by atoms with Gasteiger partial charge in [0.15, 0.2) is 0 Å². The van der Waals surface area contributed by atoms with E-state index in [0.717, 1.165) is 11.3 Å². The summed E-state index contributed by atoms with van der Waals surface area (Å²) in [6.45, 7) is 5.92. The van der Waals surface area contributed by atoms with E-state index in [1.165, 1.54) is 48.5 Å². The first-order valence-electron chi connectivity index (χ1n) is 7.04. The molecule has 1 aliphatic rings. The molecule has 0 spiro atoms. The monoisotopic (exact) mass is 272 g/mol. The van der Waals surface area contributed by atoms with Crippen LogP contribution in [-0.4, -0.2) is 35.3 Å². The number of thioether (sulfide) groups is 1. The molecule has 1 saturated heterocycles. The van der Waals surface area contributed by atoms with Crippen LogP contribution in [0.1, 0.15) is 18.4 Å². The van der Waals surface area contributed by atoms with Gasteiger partial charge in [0, 0.05) is 17.7 Å². The van der Waals surface area contributed by atoms with Crippen molar-refractivity contribution >= 4 is 22.7 Å². The highest BCUT2D eigenvalue weighted by molar-refractivity contribution is 7.99. The average Bonchev–Trinajstić information content (AvgIpc) is 2.92. The van der Waals surface area contributed by atoms with Gasteiger partial charge in [0.1, 0.15) is 0 Å². The molecule has 3 heteroatoms. The van der Waals surface area contributed by atoms with Gasteiger partial charge in [-0.25, -0.2) is 4.98 Å². The average molecular weight is 272 g/mol. The zero-order valence-electron chi connectivity index (χ0n) is 11.4. The third-order valence-electron chi connectivity index (χ3n) is 3.71. The lowest BCUT2D eigenvalue weighted by atomic mass is 10.2. The van der Waals surface area contributed by atoms with Crippen molar-refractivity contribution in [1.29, 1.82) is 0 Å². The van der Waals surface area contributed by atoms with E-state index in [4.69, 9.17) is 4.98 Å². The maximum absolute atomic E-state index is 4.78. The van der Waals surface area contributed by atoms with E-state index < -0.39 is 0 Å². The van der Waals surface area contributed by atoms with E-state index in [9.17, 15) is 0 Å². The van der Waals surface area contributed by atoms with Gasteiger partial charge in [-0.3, -0.25) is 0 Å². The summed E-state index contributed by atoms with van der Waals surface area (Å²) in [6.07, 6.45) is 2.75. The summed E-state index contributed by atoms with van der Waals surface area (Å²) in [7, 11) is 0. The Bertz CT molecular complexity index is 562. The Labute approximate surface area is 119 Å². The molecule has 1 aromatic carbocycles. The van der Waals surface area contributed by atoms with Crippen molar-refractivity contribution in [2.75, 3.05) is 25.4 Å². The molecular formula is C16H20N2S. The largest absolute Gasteiger partial charge is 0.303 e. The van der Waals surface area contributed by atoms with E-state index in [-0.39, 0.29) is 0 Å². The molecule has 0 amide bonds. The van der Waals surface area contributed by atoms with Crippen molar-refractivity contribution in [1.82, 2.24) is 9.88 Å². The molecule has 1 fully saturated rings. The third-order valence-corrected chi connectivity index (χ3v) is 4.79. The fourth-order valence-corrected chi connectivity index (χ4v) is 3.62. The fraction of sp³-hybridized carbons (Fsp3) is 0.438. The predicted molar refractivity (Wildman–Crippen MR) is 82.9 cm³/mol. The molecule has 1 aliphatic heterocycles. The summed E-state index contributed by atoms with van der Waals surface area (Å²) in [5.74, 6) is 1.15. The number of likely N-dealkylation sites (tertiary alicyclic amines) is 1. The minimum Gasteiger partial charge on any atom is -0.303 e. The van der Waals surface area contributed by atoms with E-state index in [2.05, 4.69) is 42.2 Å². The molecule has 0 radical (unpaired) electrons. The van der Waals surface area contributed by atoms with Gasteiger partial charge < -0.3 is 4.90 Å². The van der Waals surface area contributed by atoms with E-state index in [0.29, 0.717) is 0 Å². The van der Waals surface area contributed by atoms with Gasteiger partial charge in [-0.05, 0) is 50.6 Å². The molecule has 0 bridgehead atoms. The smallest absolute Gasteiger partial charge is 0.0997 e. The maximum atomic E-state index is 4.78. The second-order valence-electron chi connectivity index (χ2n) is 5.20. The number of aromatic nitrogens is 1. The predicted octanol–water partition coefficient (Wildman–Crippen LogP) is 3.73. The number of pyridine rings is 1. The first-order chi connectivity index (χ1) is 9.33. The number of benzene rings is 1. The molecule has 2 nitrogen and oxygen atoms in total. The van der Waals surface area contributed by atoms with Crippen LogP contribution >= 0.6 is 11.8 Å². The molecule has 0 N–H and O–H groups in total. The lowest BCUT2D eigenvalue weighted by Crippen LogP contribution is -2.21. The van der Waals surface area contributed by atoms with Crippen LogP contribution in [0.2, 0.25) is 0 Å². The van der Waals surface area contributed by atoms with Gasteiger partial charge in [-0.1, -0.05) is 18.2 Å². The van der Waals surface area contributed by atoms with Gasteiger partial charge in [0.2, 0.25) is 0 Å². The van der Waals surface area contributed by atoms with Crippen LogP contribution in [0.25, 0.3) is 10.9 Å². The van der Waals surface area contributed by atoms with Crippen LogP contribution in [0.15, 0.2) is 35.4 Å². The standard InChI is InChI=1S/C16H20N2S/c1-13-12-14-6-2-3-7-15(14)17-16(13)19-11-10-18-8-4-5-9-18/h2-3,6-7,12H,4-5,8-11H2,1H3. The molecule has 0 unspecified atom stereocenters. The first kappa shape index (κ1) is 12.9. The molecule has 0 atom stereocenters. The molecular weight excluding hydrogens is 252 g/mol. The van der Waals surface area contributed by atoms with Crippen LogP contribution in [0.4, 0.5) is 0 Å². The number of fused-ring (bicyclic) bond motifs is 1. The van der Waals surface area contributed by atoms with Crippen molar-refractivity contribution in [3.05, 3.63) is 35.9 Å². The Hall–Kier alpha value is -1.06. The number of para-hydroxylation sites is 1.